The summed E-state index contributed by atoms with van der Waals surface area (Å²) in [4.78, 5) is 12.9. The lowest BCUT2D eigenvalue weighted by Gasteiger charge is -2.26. The maximum atomic E-state index is 10.9. The molecule has 2 fully saturated rings. The van der Waals surface area contributed by atoms with Crippen LogP contribution in [-0.2, 0) is 0 Å². The van der Waals surface area contributed by atoms with Crippen LogP contribution in [0.5, 0.6) is 5.75 Å². The third kappa shape index (κ3) is 2.00. The van der Waals surface area contributed by atoms with Gasteiger partial charge in [-0.1, -0.05) is 0 Å². The molecule has 3 rings (SSSR count). The van der Waals surface area contributed by atoms with Crippen LogP contribution in [-0.4, -0.2) is 37.7 Å². The molecule has 2 aliphatic heterocycles. The van der Waals surface area contributed by atoms with E-state index in [0.717, 1.165) is 25.3 Å². The Morgan fingerprint density at radius 2 is 2.25 bits per heavy atom. The minimum atomic E-state index is -0.408. The Bertz CT molecular complexity index is 534. The number of methoxy groups -OCH3 is 1. The van der Waals surface area contributed by atoms with Crippen LogP contribution in [0.25, 0.3) is 0 Å². The van der Waals surface area contributed by atoms with E-state index in [4.69, 9.17) is 4.74 Å². The van der Waals surface area contributed by atoms with E-state index in [0.29, 0.717) is 23.6 Å². The number of rotatable bonds is 3. The van der Waals surface area contributed by atoms with E-state index in [2.05, 4.69) is 17.1 Å². The molecule has 1 N–H and O–H groups in total. The first-order chi connectivity index (χ1) is 9.61. The number of ether oxygens (including phenoxy) is 1. The topological polar surface area (TPSA) is 67.6 Å². The second-order valence-corrected chi connectivity index (χ2v) is 5.59. The number of nitrogens with one attached hydrogen (secondary N) is 1. The molecule has 1 aromatic rings. The lowest BCUT2D eigenvalue weighted by molar-refractivity contribution is -0.385. The first-order valence-corrected chi connectivity index (χ1v) is 6.91. The molecule has 2 saturated heterocycles. The molecule has 20 heavy (non-hydrogen) atoms. The van der Waals surface area contributed by atoms with Crippen molar-refractivity contribution in [3.63, 3.8) is 0 Å². The number of nitro groups is 1. The van der Waals surface area contributed by atoms with Crippen LogP contribution in [0.3, 0.4) is 0 Å². The third-order valence-electron chi connectivity index (χ3n) is 4.63. The van der Waals surface area contributed by atoms with Crippen LogP contribution < -0.4 is 15.0 Å². The van der Waals surface area contributed by atoms with Gasteiger partial charge in [-0.25, -0.2) is 0 Å². The van der Waals surface area contributed by atoms with Gasteiger partial charge in [-0.3, -0.25) is 10.1 Å². The van der Waals surface area contributed by atoms with Crippen LogP contribution in [0.4, 0.5) is 11.4 Å². The number of anilines is 1. The molecule has 3 atom stereocenters. The summed E-state index contributed by atoms with van der Waals surface area (Å²) >= 11 is 0. The molecule has 0 radical (unpaired) electrons. The predicted octanol–water partition coefficient (Wildman–Crippen LogP) is 1.65. The van der Waals surface area contributed by atoms with Gasteiger partial charge in [-0.15, -0.1) is 0 Å². The van der Waals surface area contributed by atoms with E-state index in [9.17, 15) is 10.1 Å². The van der Waals surface area contributed by atoms with E-state index in [1.165, 1.54) is 13.2 Å². The summed E-state index contributed by atoms with van der Waals surface area (Å²) in [5.74, 6) is 1.66. The maximum absolute atomic E-state index is 10.9. The molecule has 2 aliphatic rings. The van der Waals surface area contributed by atoms with Gasteiger partial charge in [0, 0.05) is 43.5 Å². The SMILES string of the molecule is COc1cc(N2CC3CNCC3C2C)ccc1[N+](=O)[O-]. The average Bonchev–Trinajstić information content (AvgIpc) is 3.01. The second-order valence-electron chi connectivity index (χ2n) is 5.59. The minimum Gasteiger partial charge on any atom is -0.490 e. The molecule has 3 unspecified atom stereocenters. The van der Waals surface area contributed by atoms with Crippen LogP contribution in [0.15, 0.2) is 18.2 Å². The summed E-state index contributed by atoms with van der Waals surface area (Å²) < 4.78 is 5.16. The average molecular weight is 277 g/mol. The van der Waals surface area contributed by atoms with Gasteiger partial charge in [-0.05, 0) is 24.8 Å². The summed E-state index contributed by atoms with van der Waals surface area (Å²) in [5.41, 5.74) is 1.03. The third-order valence-corrected chi connectivity index (χ3v) is 4.63. The summed E-state index contributed by atoms with van der Waals surface area (Å²) in [6.45, 7) is 5.35. The number of fused-ring (bicyclic) bond motifs is 1. The van der Waals surface area contributed by atoms with Crippen LogP contribution in [0, 0.1) is 22.0 Å². The molecule has 0 bridgehead atoms. The van der Waals surface area contributed by atoms with Gasteiger partial charge in [0.15, 0.2) is 5.75 Å². The van der Waals surface area contributed by atoms with Gasteiger partial charge in [0.25, 0.3) is 0 Å². The smallest absolute Gasteiger partial charge is 0.311 e. The van der Waals surface area contributed by atoms with Gasteiger partial charge in [-0.2, -0.15) is 0 Å². The zero-order valence-corrected chi connectivity index (χ0v) is 11.7. The number of nitro benzene ring substituents is 1. The number of benzene rings is 1. The van der Waals surface area contributed by atoms with E-state index < -0.39 is 4.92 Å². The summed E-state index contributed by atoms with van der Waals surface area (Å²) in [5, 5.41) is 14.4. The van der Waals surface area contributed by atoms with E-state index in [-0.39, 0.29) is 5.69 Å². The van der Waals surface area contributed by atoms with E-state index in [1.807, 2.05) is 6.07 Å². The highest BCUT2D eigenvalue weighted by Gasteiger charge is 2.42. The summed E-state index contributed by atoms with van der Waals surface area (Å²) in [6, 6.07) is 5.59. The van der Waals surface area contributed by atoms with Gasteiger partial charge < -0.3 is 15.0 Å². The number of nitrogens with zero attached hydrogens (tertiary/aromatic N) is 2. The van der Waals surface area contributed by atoms with Gasteiger partial charge in [0.2, 0.25) is 0 Å². The molecular formula is C14H19N3O3. The second kappa shape index (κ2) is 4.94. The fourth-order valence-corrected chi connectivity index (χ4v) is 3.50. The lowest BCUT2D eigenvalue weighted by atomic mass is 9.95. The van der Waals surface area contributed by atoms with Crippen molar-refractivity contribution < 1.29 is 9.66 Å². The van der Waals surface area contributed by atoms with Crippen molar-refractivity contribution in [3.05, 3.63) is 28.3 Å². The first kappa shape index (κ1) is 13.2. The fraction of sp³-hybridized carbons (Fsp3) is 0.571. The zero-order chi connectivity index (χ0) is 14.3. The van der Waals surface area contributed by atoms with Crippen molar-refractivity contribution >= 4 is 11.4 Å². The van der Waals surface area contributed by atoms with Crippen molar-refractivity contribution in [2.24, 2.45) is 11.8 Å². The van der Waals surface area contributed by atoms with Crippen molar-refractivity contribution in [1.29, 1.82) is 0 Å². The van der Waals surface area contributed by atoms with Gasteiger partial charge in [0.05, 0.1) is 12.0 Å². The lowest BCUT2D eigenvalue weighted by Crippen LogP contribution is -2.33. The quantitative estimate of drug-likeness (QED) is 0.672. The number of hydrogen-bond acceptors (Lipinski definition) is 5. The molecule has 0 spiro atoms. The Morgan fingerprint density at radius 3 is 2.90 bits per heavy atom. The maximum Gasteiger partial charge on any atom is 0.311 e. The predicted molar refractivity (Wildman–Crippen MR) is 76.3 cm³/mol. The molecular weight excluding hydrogens is 258 g/mol. The molecule has 0 saturated carbocycles. The van der Waals surface area contributed by atoms with Crippen LogP contribution >= 0.6 is 0 Å². The van der Waals surface area contributed by atoms with E-state index >= 15 is 0 Å². The van der Waals surface area contributed by atoms with Crippen molar-refractivity contribution in [2.75, 3.05) is 31.6 Å². The molecule has 0 aromatic heterocycles. The largest absolute Gasteiger partial charge is 0.490 e. The molecule has 0 aliphatic carbocycles. The van der Waals surface area contributed by atoms with Crippen molar-refractivity contribution in [1.82, 2.24) is 5.32 Å². The minimum absolute atomic E-state index is 0.0185. The Balaban J connectivity index is 1.89. The Kier molecular flexibility index (Phi) is 3.25. The van der Waals surface area contributed by atoms with Crippen molar-refractivity contribution in [3.8, 4) is 5.75 Å². The molecule has 2 heterocycles. The highest BCUT2D eigenvalue weighted by molar-refractivity contribution is 5.60. The molecule has 108 valence electrons. The molecule has 6 nitrogen and oxygen atoms in total. The van der Waals surface area contributed by atoms with Gasteiger partial charge >= 0.3 is 5.69 Å². The van der Waals surface area contributed by atoms with Gasteiger partial charge in [0.1, 0.15) is 0 Å². The van der Waals surface area contributed by atoms with Crippen molar-refractivity contribution in [2.45, 2.75) is 13.0 Å². The molecule has 6 heteroatoms. The van der Waals surface area contributed by atoms with Crippen LogP contribution in [0.1, 0.15) is 6.92 Å². The van der Waals surface area contributed by atoms with E-state index in [1.54, 1.807) is 6.07 Å². The Morgan fingerprint density at radius 1 is 1.45 bits per heavy atom. The molecule has 1 aromatic carbocycles. The first-order valence-electron chi connectivity index (χ1n) is 6.91. The Labute approximate surface area is 117 Å². The normalized spacial score (nSPS) is 28.5. The van der Waals surface area contributed by atoms with Crippen LogP contribution in [0.2, 0.25) is 0 Å². The zero-order valence-electron chi connectivity index (χ0n) is 11.7. The summed E-state index contributed by atoms with van der Waals surface area (Å²) in [6.07, 6.45) is 0. The summed E-state index contributed by atoms with van der Waals surface area (Å²) in [7, 11) is 1.47. The fourth-order valence-electron chi connectivity index (χ4n) is 3.50. The molecule has 0 amide bonds. The number of hydrogen-bond donors (Lipinski definition) is 1. The standard InChI is InChI=1S/C14H19N3O3/c1-9-12-7-15-6-10(12)8-16(9)11-3-4-13(17(18)19)14(5-11)20-2/h3-5,9-10,12,15H,6-8H2,1-2H3. The Hall–Kier alpha value is -1.82. The highest BCUT2D eigenvalue weighted by Crippen LogP contribution is 2.38. The highest BCUT2D eigenvalue weighted by atomic mass is 16.6. The monoisotopic (exact) mass is 277 g/mol.